The number of methoxy groups -OCH3 is 1. The number of amidine groups is 1. The van der Waals surface area contributed by atoms with Gasteiger partial charge in [-0.05, 0) is 42.5 Å². The van der Waals surface area contributed by atoms with E-state index in [0.717, 1.165) is 5.56 Å². The molecule has 24 heavy (non-hydrogen) atoms. The van der Waals surface area contributed by atoms with Crippen LogP contribution in [0.15, 0.2) is 39.7 Å². The minimum absolute atomic E-state index is 0.0613. The predicted octanol–water partition coefficient (Wildman–Crippen LogP) is 3.48. The second kappa shape index (κ2) is 7.06. The molecule has 1 aromatic heterocycles. The Morgan fingerprint density at radius 3 is 2.96 bits per heavy atom. The fraction of sp³-hybridized carbons (Fsp3) is 0.188. The molecule has 0 atom stereocenters. The first kappa shape index (κ1) is 16.5. The quantitative estimate of drug-likeness (QED) is 0.844. The number of aromatic nitrogens is 1. The summed E-state index contributed by atoms with van der Waals surface area (Å²) in [5.74, 6) is 0.333. The third-order valence-corrected chi connectivity index (χ3v) is 4.99. The highest BCUT2D eigenvalue weighted by Crippen LogP contribution is 2.35. The SMILES string of the molecule is CCN1C(=O)/C(=C/c2ccc(O)c(OC)c2)S/C1=N/c1nccs1. The van der Waals surface area contributed by atoms with Crippen LogP contribution in [0.2, 0.25) is 0 Å². The first-order valence-electron chi connectivity index (χ1n) is 7.19. The number of carbonyl (C=O) groups is 1. The third-order valence-electron chi connectivity index (χ3n) is 3.32. The molecule has 0 aliphatic carbocycles. The molecule has 1 fully saturated rings. The highest BCUT2D eigenvalue weighted by molar-refractivity contribution is 8.18. The molecule has 2 aromatic rings. The Balaban J connectivity index is 1.93. The Morgan fingerprint density at radius 1 is 1.46 bits per heavy atom. The van der Waals surface area contributed by atoms with Crippen molar-refractivity contribution in [1.82, 2.24) is 9.88 Å². The number of benzene rings is 1. The van der Waals surface area contributed by atoms with Gasteiger partial charge in [0.15, 0.2) is 16.7 Å². The van der Waals surface area contributed by atoms with Gasteiger partial charge in [-0.2, -0.15) is 4.99 Å². The monoisotopic (exact) mass is 361 g/mol. The van der Waals surface area contributed by atoms with Gasteiger partial charge in [-0.25, -0.2) is 4.98 Å². The number of nitrogens with zero attached hydrogens (tertiary/aromatic N) is 3. The summed E-state index contributed by atoms with van der Waals surface area (Å²) in [6, 6.07) is 4.95. The first-order valence-corrected chi connectivity index (χ1v) is 8.88. The Bertz CT molecular complexity index is 816. The third kappa shape index (κ3) is 3.29. The van der Waals surface area contributed by atoms with Crippen LogP contribution in [0, 0.1) is 0 Å². The van der Waals surface area contributed by atoms with Crippen LogP contribution in [-0.2, 0) is 4.79 Å². The van der Waals surface area contributed by atoms with E-state index in [0.29, 0.717) is 27.5 Å². The number of thiazole rings is 1. The number of aliphatic imine (C=N–C) groups is 1. The number of likely N-dealkylation sites (N-methyl/N-ethyl adjacent to an activating group) is 1. The predicted molar refractivity (Wildman–Crippen MR) is 96.8 cm³/mol. The van der Waals surface area contributed by atoms with E-state index in [9.17, 15) is 9.90 Å². The molecule has 1 saturated heterocycles. The van der Waals surface area contributed by atoms with E-state index in [4.69, 9.17) is 4.74 Å². The maximum atomic E-state index is 12.6. The van der Waals surface area contributed by atoms with Gasteiger partial charge in [0.25, 0.3) is 5.91 Å². The molecule has 0 unspecified atom stereocenters. The number of thioether (sulfide) groups is 1. The molecule has 1 amide bonds. The van der Waals surface area contributed by atoms with Crippen LogP contribution in [0.3, 0.4) is 0 Å². The van der Waals surface area contributed by atoms with Crippen molar-refractivity contribution in [2.45, 2.75) is 6.92 Å². The molecule has 0 radical (unpaired) electrons. The number of phenols is 1. The van der Waals surface area contributed by atoms with Crippen molar-refractivity contribution in [1.29, 1.82) is 0 Å². The van der Waals surface area contributed by atoms with E-state index < -0.39 is 0 Å². The zero-order valence-corrected chi connectivity index (χ0v) is 14.7. The van der Waals surface area contributed by atoms with Crippen LogP contribution >= 0.6 is 23.1 Å². The lowest BCUT2D eigenvalue weighted by Gasteiger charge is -2.11. The second-order valence-electron chi connectivity index (χ2n) is 4.80. The lowest BCUT2D eigenvalue weighted by molar-refractivity contribution is -0.122. The molecule has 6 nitrogen and oxygen atoms in total. The number of hydrogen-bond acceptors (Lipinski definition) is 7. The number of hydrogen-bond donors (Lipinski definition) is 1. The zero-order chi connectivity index (χ0) is 17.1. The second-order valence-corrected chi connectivity index (χ2v) is 6.68. The summed E-state index contributed by atoms with van der Waals surface area (Å²) in [6.45, 7) is 2.44. The fourth-order valence-corrected chi connectivity index (χ4v) is 3.76. The summed E-state index contributed by atoms with van der Waals surface area (Å²) in [4.78, 5) is 23.3. The molecule has 8 heteroatoms. The van der Waals surface area contributed by atoms with Crippen molar-refractivity contribution in [3.8, 4) is 11.5 Å². The molecule has 1 N–H and O–H groups in total. The Labute approximate surface area is 147 Å². The molecular formula is C16H15N3O3S2. The fourth-order valence-electron chi connectivity index (χ4n) is 2.16. The van der Waals surface area contributed by atoms with E-state index >= 15 is 0 Å². The minimum atomic E-state index is -0.0927. The molecule has 2 heterocycles. The average Bonchev–Trinajstić information content (AvgIpc) is 3.18. The molecular weight excluding hydrogens is 346 g/mol. The van der Waals surface area contributed by atoms with Crippen LogP contribution in [0.4, 0.5) is 5.13 Å². The number of ether oxygens (including phenoxy) is 1. The van der Waals surface area contributed by atoms with Gasteiger partial charge in [-0.3, -0.25) is 9.69 Å². The van der Waals surface area contributed by atoms with Gasteiger partial charge >= 0.3 is 0 Å². The Morgan fingerprint density at radius 2 is 2.29 bits per heavy atom. The van der Waals surface area contributed by atoms with Crippen LogP contribution in [0.5, 0.6) is 11.5 Å². The van der Waals surface area contributed by atoms with E-state index in [2.05, 4.69) is 9.98 Å². The lowest BCUT2D eigenvalue weighted by atomic mass is 10.2. The summed E-state index contributed by atoms with van der Waals surface area (Å²) < 4.78 is 5.10. The summed E-state index contributed by atoms with van der Waals surface area (Å²) in [5, 5.41) is 12.7. The van der Waals surface area contributed by atoms with E-state index in [-0.39, 0.29) is 11.7 Å². The smallest absolute Gasteiger partial charge is 0.266 e. The molecule has 1 aromatic carbocycles. The molecule has 124 valence electrons. The minimum Gasteiger partial charge on any atom is -0.504 e. The van der Waals surface area contributed by atoms with Crippen LogP contribution in [0.25, 0.3) is 6.08 Å². The van der Waals surface area contributed by atoms with Gasteiger partial charge < -0.3 is 9.84 Å². The van der Waals surface area contributed by atoms with Gasteiger partial charge in [-0.1, -0.05) is 6.07 Å². The van der Waals surface area contributed by atoms with Crippen molar-refractivity contribution in [2.75, 3.05) is 13.7 Å². The number of phenolic OH excluding ortho intramolecular Hbond substituents is 1. The summed E-state index contributed by atoms with van der Waals surface area (Å²) in [5.41, 5.74) is 0.770. The van der Waals surface area contributed by atoms with Crippen LogP contribution < -0.4 is 4.74 Å². The molecule has 1 aliphatic heterocycles. The summed E-state index contributed by atoms with van der Waals surface area (Å²) in [7, 11) is 1.49. The zero-order valence-electron chi connectivity index (χ0n) is 13.1. The number of rotatable bonds is 4. The molecule has 1 aliphatic rings. The van der Waals surface area contributed by atoms with E-state index in [1.807, 2.05) is 12.3 Å². The largest absolute Gasteiger partial charge is 0.504 e. The maximum absolute atomic E-state index is 12.6. The van der Waals surface area contributed by atoms with Crippen molar-refractivity contribution in [3.63, 3.8) is 0 Å². The average molecular weight is 361 g/mol. The van der Waals surface area contributed by atoms with Gasteiger partial charge in [0.2, 0.25) is 5.13 Å². The Hall–Kier alpha value is -2.32. The standard InChI is InChI=1S/C16H15N3O3S2/c1-3-19-14(21)13(24-16(19)18-15-17-6-7-23-15)9-10-4-5-11(20)12(8-10)22-2/h4-9,20H,3H2,1-2H3/b13-9-,18-16+. The molecule has 0 spiro atoms. The van der Waals surface area contributed by atoms with Crippen molar-refractivity contribution < 1.29 is 14.6 Å². The van der Waals surface area contributed by atoms with Crippen molar-refractivity contribution in [2.24, 2.45) is 4.99 Å². The molecule has 0 saturated carbocycles. The highest BCUT2D eigenvalue weighted by atomic mass is 32.2. The van der Waals surface area contributed by atoms with Crippen molar-refractivity contribution in [3.05, 3.63) is 40.2 Å². The first-order chi connectivity index (χ1) is 11.6. The highest BCUT2D eigenvalue weighted by Gasteiger charge is 2.32. The molecule has 0 bridgehead atoms. The summed E-state index contributed by atoms with van der Waals surface area (Å²) >= 11 is 2.73. The summed E-state index contributed by atoms with van der Waals surface area (Å²) in [6.07, 6.45) is 3.45. The normalized spacial score (nSPS) is 17.9. The van der Waals surface area contributed by atoms with Gasteiger partial charge in [-0.15, -0.1) is 11.3 Å². The maximum Gasteiger partial charge on any atom is 0.266 e. The topological polar surface area (TPSA) is 75.0 Å². The Kier molecular flexibility index (Phi) is 4.86. The van der Waals surface area contributed by atoms with E-state index in [1.54, 1.807) is 29.3 Å². The number of aromatic hydroxyl groups is 1. The number of carbonyl (C=O) groups excluding carboxylic acids is 1. The molecule has 3 rings (SSSR count). The van der Waals surface area contributed by atoms with Crippen LogP contribution in [-0.4, -0.2) is 39.7 Å². The van der Waals surface area contributed by atoms with Crippen LogP contribution in [0.1, 0.15) is 12.5 Å². The van der Waals surface area contributed by atoms with Gasteiger partial charge in [0.1, 0.15) is 0 Å². The van der Waals surface area contributed by atoms with Gasteiger partial charge in [0.05, 0.1) is 12.0 Å². The number of amides is 1. The lowest BCUT2D eigenvalue weighted by Crippen LogP contribution is -2.28. The van der Waals surface area contributed by atoms with Gasteiger partial charge in [0, 0.05) is 18.1 Å². The van der Waals surface area contributed by atoms with E-state index in [1.165, 1.54) is 36.3 Å². The van der Waals surface area contributed by atoms with Crippen molar-refractivity contribution >= 4 is 45.4 Å².